The number of rotatable bonds is 3. The van der Waals surface area contributed by atoms with Gasteiger partial charge in [0.25, 0.3) is 0 Å². The summed E-state index contributed by atoms with van der Waals surface area (Å²) in [5.74, 6) is 2.92. The van der Waals surface area contributed by atoms with E-state index in [1.54, 1.807) is 0 Å². The zero-order valence-corrected chi connectivity index (χ0v) is 24.5. The molecule has 5 saturated carbocycles. The van der Waals surface area contributed by atoms with Crippen LogP contribution in [0, 0.1) is 69.5 Å². The number of carboxylic acid groups (broad SMARTS) is 1. The molecule has 0 radical (unpaired) electrons. The summed E-state index contributed by atoms with van der Waals surface area (Å²) in [6.45, 7) is 12.6. The second-order valence-electron chi connectivity index (χ2n) is 14.8. The fourth-order valence-electron chi connectivity index (χ4n) is 11.3. The first-order valence-electron chi connectivity index (χ1n) is 15.4. The summed E-state index contributed by atoms with van der Waals surface area (Å²) in [5.41, 5.74) is 9.27. The van der Waals surface area contributed by atoms with Gasteiger partial charge in [-0.3, -0.25) is 4.79 Å². The molecule has 220 valence electrons. The van der Waals surface area contributed by atoms with Crippen LogP contribution in [0.1, 0.15) is 86.0 Å². The SMILES string of the molecule is CC1C2C(CC[C@]3(C)C2CCC2C3CCC3[C@]2(C)C[C@@H](O)[C@H](O)[C@@]3(C)CO)[C@H](C(=O)O)C[C@H]1C.NCCN. The fourth-order valence-corrected chi connectivity index (χ4v) is 11.3. The van der Waals surface area contributed by atoms with Gasteiger partial charge in [-0.25, -0.2) is 0 Å². The van der Waals surface area contributed by atoms with Crippen molar-refractivity contribution in [2.24, 2.45) is 81.0 Å². The monoisotopic (exact) mass is 536 g/mol. The summed E-state index contributed by atoms with van der Waals surface area (Å²) in [7, 11) is 0. The van der Waals surface area contributed by atoms with E-state index in [1.807, 2.05) is 6.92 Å². The summed E-state index contributed by atoms with van der Waals surface area (Å²) in [6.07, 6.45) is 6.35. The number of hydrogen-bond donors (Lipinski definition) is 6. The zero-order chi connectivity index (χ0) is 28.2. The Balaban J connectivity index is 0.000000786. The Kier molecular flexibility index (Phi) is 8.69. The van der Waals surface area contributed by atoms with E-state index in [2.05, 4.69) is 27.7 Å². The molecule has 0 bridgehead atoms. The van der Waals surface area contributed by atoms with Crippen molar-refractivity contribution in [3.63, 3.8) is 0 Å². The van der Waals surface area contributed by atoms with Gasteiger partial charge < -0.3 is 31.9 Å². The number of fused-ring (bicyclic) bond motifs is 7. The molecule has 7 nitrogen and oxygen atoms in total. The predicted molar refractivity (Wildman–Crippen MR) is 149 cm³/mol. The number of aliphatic hydroxyl groups excluding tert-OH is 3. The molecule has 0 amide bonds. The third-order valence-corrected chi connectivity index (χ3v) is 13.3. The van der Waals surface area contributed by atoms with Crippen LogP contribution in [0.2, 0.25) is 0 Å². The standard InChI is InChI=1S/C29H48O5.C2H8N2/c1-15-12-18(26(33)34)17-10-11-27(3)19-8-9-23-28(4,13-22(31)25(32)29(23,5)14-30)20(19)6-7-21(27)24(17)16(15)2;3-1-2-4/h15-25,30-32H,6-14H2,1-5H3,(H,33,34);1-4H2/t15-,16?,17?,18-,19?,20?,21?,22-,23?,24?,25+,27+,28-,29+;/m1./s1. The number of nitrogens with two attached hydrogens (primary N) is 2. The molecule has 0 spiro atoms. The Morgan fingerprint density at radius 1 is 0.895 bits per heavy atom. The number of carboxylic acids is 1. The van der Waals surface area contributed by atoms with E-state index < -0.39 is 23.6 Å². The van der Waals surface area contributed by atoms with Crippen molar-refractivity contribution in [3.8, 4) is 0 Å². The van der Waals surface area contributed by atoms with Crippen LogP contribution in [0.3, 0.4) is 0 Å². The molecule has 7 heteroatoms. The molecule has 5 rings (SSSR count). The van der Waals surface area contributed by atoms with Crippen molar-refractivity contribution in [1.29, 1.82) is 0 Å². The van der Waals surface area contributed by atoms with Crippen LogP contribution >= 0.6 is 0 Å². The summed E-state index contributed by atoms with van der Waals surface area (Å²) in [4.78, 5) is 12.2. The average molecular weight is 537 g/mol. The van der Waals surface area contributed by atoms with Gasteiger partial charge in [0.1, 0.15) is 0 Å². The first-order valence-corrected chi connectivity index (χ1v) is 15.4. The van der Waals surface area contributed by atoms with Crippen LogP contribution < -0.4 is 11.5 Å². The number of aliphatic carboxylic acids is 1. The van der Waals surface area contributed by atoms with Gasteiger partial charge in [0, 0.05) is 18.5 Å². The van der Waals surface area contributed by atoms with Crippen LogP contribution in [0.4, 0.5) is 0 Å². The first kappa shape index (κ1) is 30.2. The lowest BCUT2D eigenvalue weighted by Crippen LogP contribution is -2.66. The van der Waals surface area contributed by atoms with E-state index >= 15 is 0 Å². The molecular weight excluding hydrogens is 480 g/mol. The highest BCUT2D eigenvalue weighted by Crippen LogP contribution is 2.71. The summed E-state index contributed by atoms with van der Waals surface area (Å²) in [5, 5.41) is 42.2. The zero-order valence-electron chi connectivity index (χ0n) is 24.5. The van der Waals surface area contributed by atoms with Crippen LogP contribution in [0.25, 0.3) is 0 Å². The van der Waals surface area contributed by atoms with Gasteiger partial charge in [0.2, 0.25) is 0 Å². The van der Waals surface area contributed by atoms with E-state index in [9.17, 15) is 25.2 Å². The van der Waals surface area contributed by atoms with Gasteiger partial charge in [0.15, 0.2) is 0 Å². The van der Waals surface area contributed by atoms with Crippen molar-refractivity contribution in [3.05, 3.63) is 0 Å². The maximum atomic E-state index is 12.2. The third-order valence-electron chi connectivity index (χ3n) is 13.3. The molecule has 8 N–H and O–H groups in total. The minimum Gasteiger partial charge on any atom is -0.481 e. The highest BCUT2D eigenvalue weighted by Gasteiger charge is 2.67. The van der Waals surface area contributed by atoms with Crippen LogP contribution in [0.15, 0.2) is 0 Å². The summed E-state index contributed by atoms with van der Waals surface area (Å²) in [6, 6.07) is 0. The highest BCUT2D eigenvalue weighted by atomic mass is 16.4. The van der Waals surface area contributed by atoms with Crippen LogP contribution in [-0.2, 0) is 4.79 Å². The van der Waals surface area contributed by atoms with Crippen molar-refractivity contribution in [1.82, 2.24) is 0 Å². The van der Waals surface area contributed by atoms with Gasteiger partial charge in [-0.15, -0.1) is 0 Å². The topological polar surface area (TPSA) is 150 Å². The molecule has 14 atom stereocenters. The van der Waals surface area contributed by atoms with Gasteiger partial charge in [-0.1, -0.05) is 34.6 Å². The molecule has 5 aliphatic rings. The maximum Gasteiger partial charge on any atom is 0.306 e. The van der Waals surface area contributed by atoms with Crippen molar-refractivity contribution >= 4 is 5.97 Å². The largest absolute Gasteiger partial charge is 0.481 e. The van der Waals surface area contributed by atoms with Gasteiger partial charge in [-0.2, -0.15) is 0 Å². The molecule has 0 heterocycles. The first-order chi connectivity index (χ1) is 17.8. The van der Waals surface area contributed by atoms with E-state index in [0.29, 0.717) is 60.9 Å². The Bertz CT molecular complexity index is 854. The van der Waals surface area contributed by atoms with Crippen molar-refractivity contribution in [2.45, 2.75) is 98.2 Å². The lowest BCUT2D eigenvalue weighted by atomic mass is 9.36. The highest BCUT2D eigenvalue weighted by molar-refractivity contribution is 5.70. The van der Waals surface area contributed by atoms with E-state index in [0.717, 1.165) is 44.9 Å². The quantitative estimate of drug-likeness (QED) is 0.323. The molecule has 38 heavy (non-hydrogen) atoms. The number of hydrogen-bond acceptors (Lipinski definition) is 6. The smallest absolute Gasteiger partial charge is 0.306 e. The van der Waals surface area contributed by atoms with Gasteiger partial charge >= 0.3 is 5.97 Å². The lowest BCUT2D eigenvalue weighted by molar-refractivity contribution is -0.244. The molecule has 0 aromatic carbocycles. The van der Waals surface area contributed by atoms with Gasteiger partial charge in [0.05, 0.1) is 24.7 Å². The van der Waals surface area contributed by atoms with Crippen LogP contribution in [-0.4, -0.2) is 58.3 Å². The second kappa shape index (κ2) is 10.9. The van der Waals surface area contributed by atoms with E-state index in [4.69, 9.17) is 11.5 Å². The predicted octanol–water partition coefficient (Wildman–Crippen LogP) is 3.48. The minimum atomic E-state index is -0.869. The van der Waals surface area contributed by atoms with Gasteiger partial charge in [-0.05, 0) is 110 Å². The van der Waals surface area contributed by atoms with Crippen molar-refractivity contribution in [2.75, 3.05) is 19.7 Å². The minimum absolute atomic E-state index is 0.0844. The second-order valence-corrected chi connectivity index (χ2v) is 14.8. The van der Waals surface area contributed by atoms with E-state index in [1.165, 1.54) is 0 Å². The Morgan fingerprint density at radius 2 is 1.47 bits per heavy atom. The number of aliphatic hydroxyl groups is 3. The Hall–Kier alpha value is -0.730. The van der Waals surface area contributed by atoms with E-state index in [-0.39, 0.29) is 29.3 Å². The molecule has 0 saturated heterocycles. The van der Waals surface area contributed by atoms with Crippen molar-refractivity contribution < 1.29 is 25.2 Å². The molecule has 7 unspecified atom stereocenters. The normalized spacial score (nSPS) is 53.8. The Morgan fingerprint density at radius 3 is 2.05 bits per heavy atom. The molecule has 0 aromatic rings. The fraction of sp³-hybridized carbons (Fsp3) is 0.968. The van der Waals surface area contributed by atoms with Crippen LogP contribution in [0.5, 0.6) is 0 Å². The summed E-state index contributed by atoms with van der Waals surface area (Å²) >= 11 is 0. The molecule has 0 aliphatic heterocycles. The molecule has 5 fully saturated rings. The molecule has 0 aromatic heterocycles. The average Bonchev–Trinajstić information content (AvgIpc) is 2.88. The molecular formula is C31H56N2O5. The summed E-state index contributed by atoms with van der Waals surface area (Å²) < 4.78 is 0. The lowest BCUT2D eigenvalue weighted by Gasteiger charge is -2.69. The number of carbonyl (C=O) groups is 1. The third kappa shape index (κ3) is 4.47. The molecule has 5 aliphatic carbocycles. The maximum absolute atomic E-state index is 12.2. The Labute approximate surface area is 230 Å².